The van der Waals surface area contributed by atoms with Gasteiger partial charge in [-0.3, -0.25) is 4.90 Å². The van der Waals surface area contributed by atoms with Gasteiger partial charge in [-0.25, -0.2) is 4.79 Å². The first kappa shape index (κ1) is 15.8. The van der Waals surface area contributed by atoms with Crippen LogP contribution in [0.25, 0.3) is 0 Å². The maximum atomic E-state index is 11.9. The molecule has 1 saturated heterocycles. The SMILES string of the molecule is CC(NC(=O)NCC1CCCN(Cc2cccs2)C1)C1CC1. The van der Waals surface area contributed by atoms with Crippen LogP contribution in [0.4, 0.5) is 4.79 Å². The molecule has 2 unspecified atom stereocenters. The lowest BCUT2D eigenvalue weighted by Crippen LogP contribution is -2.46. The highest BCUT2D eigenvalue weighted by Crippen LogP contribution is 2.32. The normalized spacial score (nSPS) is 24.0. The molecule has 0 aromatic carbocycles. The molecular formula is C17H27N3OS. The molecule has 2 aliphatic rings. The number of nitrogens with zero attached hydrogens (tertiary/aromatic N) is 1. The molecule has 0 radical (unpaired) electrons. The van der Waals surface area contributed by atoms with E-state index in [0.29, 0.717) is 17.9 Å². The smallest absolute Gasteiger partial charge is 0.315 e. The van der Waals surface area contributed by atoms with Crippen molar-refractivity contribution in [2.45, 2.75) is 45.2 Å². The first-order valence-corrected chi connectivity index (χ1v) is 9.38. The van der Waals surface area contributed by atoms with E-state index in [1.54, 1.807) is 0 Å². The quantitative estimate of drug-likeness (QED) is 0.846. The summed E-state index contributed by atoms with van der Waals surface area (Å²) in [5.41, 5.74) is 0. The van der Waals surface area contributed by atoms with Gasteiger partial charge in [-0.05, 0) is 62.4 Å². The summed E-state index contributed by atoms with van der Waals surface area (Å²) in [5.74, 6) is 1.29. The van der Waals surface area contributed by atoms with Gasteiger partial charge in [0.05, 0.1) is 0 Å². The van der Waals surface area contributed by atoms with Crippen LogP contribution in [-0.2, 0) is 6.54 Å². The van der Waals surface area contributed by atoms with E-state index in [2.05, 4.69) is 40.0 Å². The van der Waals surface area contributed by atoms with E-state index < -0.39 is 0 Å². The molecule has 5 heteroatoms. The Morgan fingerprint density at radius 1 is 1.45 bits per heavy atom. The van der Waals surface area contributed by atoms with Gasteiger partial charge in [0, 0.05) is 30.6 Å². The van der Waals surface area contributed by atoms with Crippen molar-refractivity contribution in [1.29, 1.82) is 0 Å². The van der Waals surface area contributed by atoms with Gasteiger partial charge in [-0.1, -0.05) is 6.07 Å². The summed E-state index contributed by atoms with van der Waals surface area (Å²) in [6.07, 6.45) is 4.99. The van der Waals surface area contributed by atoms with Crippen LogP contribution >= 0.6 is 11.3 Å². The minimum Gasteiger partial charge on any atom is -0.338 e. The van der Waals surface area contributed by atoms with Crippen LogP contribution < -0.4 is 10.6 Å². The van der Waals surface area contributed by atoms with Crippen LogP contribution in [0, 0.1) is 11.8 Å². The third-order valence-corrected chi connectivity index (χ3v) is 5.66. The highest BCUT2D eigenvalue weighted by molar-refractivity contribution is 7.09. The predicted molar refractivity (Wildman–Crippen MR) is 91.0 cm³/mol. The van der Waals surface area contributed by atoms with E-state index in [1.165, 1.54) is 37.1 Å². The highest BCUT2D eigenvalue weighted by atomic mass is 32.1. The van der Waals surface area contributed by atoms with Crippen LogP contribution in [0.3, 0.4) is 0 Å². The Morgan fingerprint density at radius 3 is 3.05 bits per heavy atom. The molecule has 0 spiro atoms. The number of carbonyl (C=O) groups excluding carboxylic acids is 1. The van der Waals surface area contributed by atoms with E-state index in [9.17, 15) is 4.79 Å². The summed E-state index contributed by atoms with van der Waals surface area (Å²) >= 11 is 1.83. The third-order valence-electron chi connectivity index (χ3n) is 4.80. The summed E-state index contributed by atoms with van der Waals surface area (Å²) in [6, 6.07) is 4.66. The van der Waals surface area contributed by atoms with Gasteiger partial charge >= 0.3 is 6.03 Å². The lowest BCUT2D eigenvalue weighted by Gasteiger charge is -2.32. The van der Waals surface area contributed by atoms with Crippen molar-refractivity contribution in [2.24, 2.45) is 11.8 Å². The van der Waals surface area contributed by atoms with Gasteiger partial charge in [0.25, 0.3) is 0 Å². The summed E-state index contributed by atoms with van der Waals surface area (Å²) in [7, 11) is 0. The van der Waals surface area contributed by atoms with Gasteiger partial charge in [0.1, 0.15) is 0 Å². The molecule has 0 bridgehead atoms. The molecule has 2 heterocycles. The van der Waals surface area contributed by atoms with Crippen molar-refractivity contribution in [3.8, 4) is 0 Å². The molecule has 2 atom stereocenters. The lowest BCUT2D eigenvalue weighted by molar-refractivity contribution is 0.166. The molecule has 2 N–H and O–H groups in total. The Labute approximate surface area is 137 Å². The Bertz CT molecular complexity index is 472. The largest absolute Gasteiger partial charge is 0.338 e. The zero-order valence-electron chi connectivity index (χ0n) is 13.4. The van der Waals surface area contributed by atoms with E-state index in [0.717, 1.165) is 19.6 Å². The molecule has 2 fully saturated rings. The van der Waals surface area contributed by atoms with E-state index >= 15 is 0 Å². The summed E-state index contributed by atoms with van der Waals surface area (Å²) in [5, 5.41) is 8.28. The highest BCUT2D eigenvalue weighted by Gasteiger charge is 2.29. The van der Waals surface area contributed by atoms with Crippen molar-refractivity contribution in [3.05, 3.63) is 22.4 Å². The molecular weight excluding hydrogens is 294 g/mol. The van der Waals surface area contributed by atoms with Crippen molar-refractivity contribution in [2.75, 3.05) is 19.6 Å². The van der Waals surface area contributed by atoms with E-state index in [4.69, 9.17) is 0 Å². The zero-order chi connectivity index (χ0) is 15.4. The molecule has 3 rings (SSSR count). The Kier molecular flexibility index (Phi) is 5.37. The number of amides is 2. The van der Waals surface area contributed by atoms with Gasteiger partial charge in [-0.15, -0.1) is 11.3 Å². The minimum absolute atomic E-state index is 0.00906. The molecule has 22 heavy (non-hydrogen) atoms. The lowest BCUT2D eigenvalue weighted by atomic mass is 9.98. The fourth-order valence-electron chi connectivity index (χ4n) is 3.29. The Balaban J connectivity index is 1.37. The molecule has 1 saturated carbocycles. The number of thiophene rings is 1. The Morgan fingerprint density at radius 2 is 2.32 bits per heavy atom. The maximum Gasteiger partial charge on any atom is 0.315 e. The van der Waals surface area contributed by atoms with Crippen molar-refractivity contribution in [3.63, 3.8) is 0 Å². The predicted octanol–water partition coefficient (Wildman–Crippen LogP) is 3.06. The van der Waals surface area contributed by atoms with E-state index in [1.807, 2.05) is 11.3 Å². The van der Waals surface area contributed by atoms with Crippen LogP contribution in [0.1, 0.15) is 37.5 Å². The van der Waals surface area contributed by atoms with Crippen LogP contribution in [-0.4, -0.2) is 36.6 Å². The second-order valence-corrected chi connectivity index (χ2v) is 7.84. The van der Waals surface area contributed by atoms with Gasteiger partial charge in [0.2, 0.25) is 0 Å². The van der Waals surface area contributed by atoms with Crippen molar-refractivity contribution >= 4 is 17.4 Å². The first-order chi connectivity index (χ1) is 10.7. The topological polar surface area (TPSA) is 44.4 Å². The molecule has 1 aliphatic carbocycles. The zero-order valence-corrected chi connectivity index (χ0v) is 14.2. The number of likely N-dealkylation sites (tertiary alicyclic amines) is 1. The summed E-state index contributed by atoms with van der Waals surface area (Å²) in [4.78, 5) is 15.9. The van der Waals surface area contributed by atoms with Crippen LogP contribution in [0.2, 0.25) is 0 Å². The number of nitrogens with one attached hydrogen (secondary N) is 2. The minimum atomic E-state index is 0.00906. The number of hydrogen-bond acceptors (Lipinski definition) is 3. The third kappa shape index (κ3) is 4.71. The molecule has 2 amide bonds. The molecule has 1 aromatic rings. The monoisotopic (exact) mass is 321 g/mol. The van der Waals surface area contributed by atoms with Crippen LogP contribution in [0.5, 0.6) is 0 Å². The van der Waals surface area contributed by atoms with Gasteiger partial charge in [-0.2, -0.15) is 0 Å². The maximum absolute atomic E-state index is 11.9. The number of carbonyl (C=O) groups is 1. The second kappa shape index (κ2) is 7.47. The van der Waals surface area contributed by atoms with Gasteiger partial charge < -0.3 is 10.6 Å². The van der Waals surface area contributed by atoms with Crippen LogP contribution in [0.15, 0.2) is 17.5 Å². The standard InChI is InChI=1S/C17H27N3OS/c1-13(15-6-7-15)19-17(21)18-10-14-4-2-8-20(11-14)12-16-5-3-9-22-16/h3,5,9,13-15H,2,4,6-8,10-12H2,1H3,(H2,18,19,21). The number of rotatable bonds is 6. The van der Waals surface area contributed by atoms with Crippen molar-refractivity contribution in [1.82, 2.24) is 15.5 Å². The fraction of sp³-hybridized carbons (Fsp3) is 0.706. The second-order valence-electron chi connectivity index (χ2n) is 6.80. The van der Waals surface area contributed by atoms with E-state index in [-0.39, 0.29) is 6.03 Å². The average molecular weight is 321 g/mol. The molecule has 1 aromatic heterocycles. The molecule has 122 valence electrons. The molecule has 4 nitrogen and oxygen atoms in total. The number of urea groups is 1. The Hall–Kier alpha value is -1.07. The number of hydrogen-bond donors (Lipinski definition) is 2. The number of piperidine rings is 1. The summed E-state index contributed by atoms with van der Waals surface area (Å²) in [6.45, 7) is 6.24. The summed E-state index contributed by atoms with van der Waals surface area (Å²) < 4.78 is 0. The van der Waals surface area contributed by atoms with Crippen molar-refractivity contribution < 1.29 is 4.79 Å². The van der Waals surface area contributed by atoms with Gasteiger partial charge in [0.15, 0.2) is 0 Å². The first-order valence-electron chi connectivity index (χ1n) is 8.50. The molecule has 1 aliphatic heterocycles. The fourth-order valence-corrected chi connectivity index (χ4v) is 4.04. The average Bonchev–Trinajstić information content (AvgIpc) is 3.25.